The molecule has 0 aromatic heterocycles. The van der Waals surface area contributed by atoms with Gasteiger partial charge in [-0.2, -0.15) is 0 Å². The summed E-state index contributed by atoms with van der Waals surface area (Å²) in [6.45, 7) is 0. The third-order valence-corrected chi connectivity index (χ3v) is 3.23. The van der Waals surface area contributed by atoms with Gasteiger partial charge in [-0.05, 0) is 25.0 Å². The normalized spacial score (nSPS) is 22.9. The van der Waals surface area contributed by atoms with Crippen molar-refractivity contribution in [3.05, 3.63) is 29.8 Å². The summed E-state index contributed by atoms with van der Waals surface area (Å²) >= 11 is 0. The number of amides is 2. The molecule has 0 bridgehead atoms. The molecule has 0 spiro atoms. The second kappa shape index (κ2) is 5.97. The minimum absolute atomic E-state index is 0.0933. The lowest BCUT2D eigenvalue weighted by molar-refractivity contribution is 0.0955. The molecule has 1 aromatic carbocycles. The predicted octanol–water partition coefficient (Wildman–Crippen LogP) is 2.39. The number of aliphatic hydroxyl groups is 1. The van der Waals surface area contributed by atoms with E-state index in [4.69, 9.17) is 0 Å². The summed E-state index contributed by atoms with van der Waals surface area (Å²) in [4.78, 5) is 11.7. The van der Waals surface area contributed by atoms with Gasteiger partial charge in [0, 0.05) is 6.07 Å². The first-order valence-electron chi connectivity index (χ1n) is 6.27. The minimum Gasteiger partial charge on any atom is -0.391 e. The molecule has 1 fully saturated rings. The number of anilines is 1. The van der Waals surface area contributed by atoms with E-state index in [9.17, 15) is 18.7 Å². The van der Waals surface area contributed by atoms with E-state index in [-0.39, 0.29) is 11.7 Å². The summed E-state index contributed by atoms with van der Waals surface area (Å²) in [5.74, 6) is -1.54. The van der Waals surface area contributed by atoms with Gasteiger partial charge in [0.15, 0.2) is 0 Å². The van der Waals surface area contributed by atoms with Gasteiger partial charge in [-0.1, -0.05) is 12.8 Å². The predicted molar refractivity (Wildman–Crippen MR) is 66.8 cm³/mol. The lowest BCUT2D eigenvalue weighted by Gasteiger charge is -2.28. The number of rotatable bonds is 2. The van der Waals surface area contributed by atoms with Crippen LogP contribution in [-0.2, 0) is 0 Å². The topological polar surface area (TPSA) is 61.4 Å². The van der Waals surface area contributed by atoms with Gasteiger partial charge in [0.05, 0.1) is 17.8 Å². The number of hydrogen-bond acceptors (Lipinski definition) is 2. The molecule has 0 saturated heterocycles. The third kappa shape index (κ3) is 3.64. The molecule has 104 valence electrons. The SMILES string of the molecule is O=C(Nc1ccc(F)cc1F)N[C@H]1CCCC[C@H]1O. The molecule has 6 heteroatoms. The Kier molecular flexibility index (Phi) is 4.31. The zero-order valence-corrected chi connectivity index (χ0v) is 10.3. The van der Waals surface area contributed by atoms with Crippen molar-refractivity contribution in [1.29, 1.82) is 0 Å². The third-order valence-electron chi connectivity index (χ3n) is 3.23. The lowest BCUT2D eigenvalue weighted by atomic mass is 9.93. The summed E-state index contributed by atoms with van der Waals surface area (Å²) in [5, 5.41) is 14.6. The van der Waals surface area contributed by atoms with Gasteiger partial charge < -0.3 is 15.7 Å². The highest BCUT2D eigenvalue weighted by molar-refractivity contribution is 5.89. The van der Waals surface area contributed by atoms with Gasteiger partial charge in [0.1, 0.15) is 11.6 Å². The molecule has 2 atom stereocenters. The van der Waals surface area contributed by atoms with E-state index in [0.717, 1.165) is 25.0 Å². The zero-order chi connectivity index (χ0) is 13.8. The van der Waals surface area contributed by atoms with Crippen LogP contribution in [0.25, 0.3) is 0 Å². The van der Waals surface area contributed by atoms with Crippen molar-refractivity contribution in [2.24, 2.45) is 0 Å². The van der Waals surface area contributed by atoms with Crippen molar-refractivity contribution in [2.75, 3.05) is 5.32 Å². The Morgan fingerprint density at radius 1 is 1.26 bits per heavy atom. The molecule has 0 unspecified atom stereocenters. The molecule has 0 radical (unpaired) electrons. The molecule has 0 heterocycles. The molecule has 1 saturated carbocycles. The van der Waals surface area contributed by atoms with Crippen LogP contribution in [0.2, 0.25) is 0 Å². The highest BCUT2D eigenvalue weighted by atomic mass is 19.1. The number of nitrogens with one attached hydrogen (secondary N) is 2. The van der Waals surface area contributed by atoms with E-state index in [1.165, 1.54) is 0 Å². The first-order chi connectivity index (χ1) is 9.06. The summed E-state index contributed by atoms with van der Waals surface area (Å²) < 4.78 is 26.0. The molecule has 2 rings (SSSR count). The number of aliphatic hydroxyl groups excluding tert-OH is 1. The maximum absolute atomic E-state index is 13.3. The highest BCUT2D eigenvalue weighted by Crippen LogP contribution is 2.19. The number of urea groups is 1. The molecule has 1 aromatic rings. The summed E-state index contributed by atoms with van der Waals surface area (Å²) in [5.41, 5.74) is -0.0933. The van der Waals surface area contributed by atoms with Crippen molar-refractivity contribution in [2.45, 2.75) is 37.8 Å². The highest BCUT2D eigenvalue weighted by Gasteiger charge is 2.24. The number of hydrogen-bond donors (Lipinski definition) is 3. The van der Waals surface area contributed by atoms with E-state index < -0.39 is 23.8 Å². The van der Waals surface area contributed by atoms with Crippen molar-refractivity contribution in [3.8, 4) is 0 Å². The monoisotopic (exact) mass is 270 g/mol. The molecule has 2 amide bonds. The van der Waals surface area contributed by atoms with E-state index in [2.05, 4.69) is 10.6 Å². The Morgan fingerprint density at radius 3 is 2.68 bits per heavy atom. The fraction of sp³-hybridized carbons (Fsp3) is 0.462. The zero-order valence-electron chi connectivity index (χ0n) is 10.3. The van der Waals surface area contributed by atoms with Crippen LogP contribution in [0.1, 0.15) is 25.7 Å². The number of carbonyl (C=O) groups is 1. The number of benzene rings is 1. The molecule has 1 aliphatic rings. The van der Waals surface area contributed by atoms with Gasteiger partial charge in [-0.15, -0.1) is 0 Å². The van der Waals surface area contributed by atoms with Crippen LogP contribution in [0.3, 0.4) is 0 Å². The summed E-state index contributed by atoms with van der Waals surface area (Å²) in [6.07, 6.45) is 2.65. The number of carbonyl (C=O) groups excluding carboxylic acids is 1. The van der Waals surface area contributed by atoms with Crippen molar-refractivity contribution < 1.29 is 18.7 Å². The van der Waals surface area contributed by atoms with E-state index >= 15 is 0 Å². The van der Waals surface area contributed by atoms with Crippen molar-refractivity contribution in [1.82, 2.24) is 5.32 Å². The average molecular weight is 270 g/mol. The largest absolute Gasteiger partial charge is 0.391 e. The Labute approximate surface area is 109 Å². The van der Waals surface area contributed by atoms with Crippen molar-refractivity contribution >= 4 is 11.7 Å². The quantitative estimate of drug-likeness (QED) is 0.772. The van der Waals surface area contributed by atoms with Gasteiger partial charge in [0.25, 0.3) is 0 Å². The lowest BCUT2D eigenvalue weighted by Crippen LogP contribution is -2.46. The molecule has 19 heavy (non-hydrogen) atoms. The molecular formula is C13H16F2N2O2. The van der Waals surface area contributed by atoms with Gasteiger partial charge in [0.2, 0.25) is 0 Å². The minimum atomic E-state index is -0.834. The van der Waals surface area contributed by atoms with Crippen LogP contribution in [0, 0.1) is 11.6 Å². The van der Waals surface area contributed by atoms with Crippen LogP contribution in [0.15, 0.2) is 18.2 Å². The Bertz CT molecular complexity index is 468. The number of halogens is 2. The molecule has 4 nitrogen and oxygen atoms in total. The standard InChI is InChI=1S/C13H16F2N2O2/c14-8-5-6-10(9(15)7-8)16-13(19)17-11-3-1-2-4-12(11)18/h5-7,11-12,18H,1-4H2,(H2,16,17,19)/t11-,12+/m0/s1. The molecule has 0 aliphatic heterocycles. The molecule has 3 N–H and O–H groups in total. The maximum atomic E-state index is 13.3. The van der Waals surface area contributed by atoms with Crippen LogP contribution in [0.4, 0.5) is 19.3 Å². The van der Waals surface area contributed by atoms with E-state index in [1.54, 1.807) is 0 Å². The Morgan fingerprint density at radius 2 is 2.00 bits per heavy atom. The smallest absolute Gasteiger partial charge is 0.319 e. The molecular weight excluding hydrogens is 254 g/mol. The second-order valence-corrected chi connectivity index (χ2v) is 4.68. The van der Waals surface area contributed by atoms with Crippen LogP contribution >= 0.6 is 0 Å². The average Bonchev–Trinajstić information content (AvgIpc) is 2.36. The fourth-order valence-electron chi connectivity index (χ4n) is 2.20. The van der Waals surface area contributed by atoms with Gasteiger partial charge in [-0.25, -0.2) is 13.6 Å². The van der Waals surface area contributed by atoms with Crippen LogP contribution < -0.4 is 10.6 Å². The van der Waals surface area contributed by atoms with Crippen LogP contribution in [0.5, 0.6) is 0 Å². The first-order valence-corrected chi connectivity index (χ1v) is 6.27. The Hall–Kier alpha value is -1.69. The van der Waals surface area contributed by atoms with Gasteiger partial charge in [-0.3, -0.25) is 0 Å². The van der Waals surface area contributed by atoms with Gasteiger partial charge >= 0.3 is 6.03 Å². The Balaban J connectivity index is 1.93. The first kappa shape index (κ1) is 13.7. The van der Waals surface area contributed by atoms with E-state index in [0.29, 0.717) is 18.9 Å². The summed E-state index contributed by atoms with van der Waals surface area (Å²) in [7, 11) is 0. The fourth-order valence-corrected chi connectivity index (χ4v) is 2.20. The maximum Gasteiger partial charge on any atom is 0.319 e. The van der Waals surface area contributed by atoms with Crippen LogP contribution in [-0.4, -0.2) is 23.3 Å². The second-order valence-electron chi connectivity index (χ2n) is 4.68. The van der Waals surface area contributed by atoms with Crippen molar-refractivity contribution in [3.63, 3.8) is 0 Å². The molecule has 1 aliphatic carbocycles. The van der Waals surface area contributed by atoms with E-state index in [1.807, 2.05) is 0 Å². The summed E-state index contributed by atoms with van der Waals surface area (Å²) in [6, 6.07) is 1.99.